The van der Waals surface area contributed by atoms with E-state index in [9.17, 15) is 0 Å². The molecule has 0 amide bonds. The first-order valence-electron chi connectivity index (χ1n) is 13.3. The number of imidazole rings is 1. The Morgan fingerprint density at radius 2 is 1.69 bits per heavy atom. The van der Waals surface area contributed by atoms with E-state index in [4.69, 9.17) is 26.1 Å². The number of aryl methyl sites for hydroxylation is 1. The molecule has 2 fully saturated rings. The van der Waals surface area contributed by atoms with Crippen molar-refractivity contribution in [3.8, 4) is 11.5 Å². The Kier molecular flexibility index (Phi) is 8.15. The molecule has 0 unspecified atom stereocenters. The van der Waals surface area contributed by atoms with Crippen molar-refractivity contribution in [3.05, 3.63) is 53.3 Å². The van der Waals surface area contributed by atoms with Crippen LogP contribution in [0.15, 0.2) is 42.5 Å². The summed E-state index contributed by atoms with van der Waals surface area (Å²) in [6.45, 7) is 4.56. The van der Waals surface area contributed by atoms with Gasteiger partial charge in [-0.2, -0.15) is 0 Å². The van der Waals surface area contributed by atoms with E-state index in [1.165, 1.54) is 64.5 Å². The molecule has 0 N–H and O–H groups in total. The summed E-state index contributed by atoms with van der Waals surface area (Å²) >= 11 is 6.05. The first-order chi connectivity index (χ1) is 17.2. The van der Waals surface area contributed by atoms with Crippen LogP contribution in [0.4, 0.5) is 0 Å². The third kappa shape index (κ3) is 6.31. The molecule has 1 saturated carbocycles. The van der Waals surface area contributed by atoms with E-state index in [0.717, 1.165) is 47.4 Å². The van der Waals surface area contributed by atoms with Gasteiger partial charge in [-0.3, -0.25) is 0 Å². The average molecular weight is 496 g/mol. The SMILES string of the molecule is CN1CCC(CCn2c(COc3ccc(Cl)cc3)nc3c(OCC4CCCCC4)cccc32)CC1. The quantitative estimate of drug-likeness (QED) is 0.321. The van der Waals surface area contributed by atoms with Gasteiger partial charge in [0.1, 0.15) is 29.4 Å². The molecule has 2 aliphatic rings. The van der Waals surface area contributed by atoms with E-state index >= 15 is 0 Å². The summed E-state index contributed by atoms with van der Waals surface area (Å²) in [5.74, 6) is 4.09. The maximum Gasteiger partial charge on any atom is 0.148 e. The van der Waals surface area contributed by atoms with E-state index in [1.807, 2.05) is 24.3 Å². The van der Waals surface area contributed by atoms with Crippen LogP contribution in [0, 0.1) is 11.8 Å². The number of ether oxygens (including phenoxy) is 2. The summed E-state index contributed by atoms with van der Waals surface area (Å²) in [7, 11) is 2.22. The molecule has 0 atom stereocenters. The Balaban J connectivity index is 1.35. The first-order valence-corrected chi connectivity index (χ1v) is 13.7. The lowest BCUT2D eigenvalue weighted by Crippen LogP contribution is -2.30. The Morgan fingerprint density at radius 3 is 2.46 bits per heavy atom. The lowest BCUT2D eigenvalue weighted by Gasteiger charge is -2.29. The highest BCUT2D eigenvalue weighted by atomic mass is 35.5. The molecule has 1 saturated heterocycles. The van der Waals surface area contributed by atoms with E-state index in [2.05, 4.69) is 34.7 Å². The van der Waals surface area contributed by atoms with E-state index in [1.54, 1.807) is 0 Å². The standard InChI is InChI=1S/C29H38ClN3O2/c1-32-17-14-22(15-18-32)16-19-33-26-8-5-9-27(35-20-23-6-3-2-4-7-23)29(26)31-28(33)21-34-25-12-10-24(30)11-13-25/h5,8-13,22-23H,2-4,6-7,14-21H2,1H3. The van der Waals surface area contributed by atoms with E-state index in [0.29, 0.717) is 17.5 Å². The fourth-order valence-corrected chi connectivity index (χ4v) is 5.67. The van der Waals surface area contributed by atoms with Gasteiger partial charge in [-0.15, -0.1) is 0 Å². The summed E-state index contributed by atoms with van der Waals surface area (Å²) in [5.41, 5.74) is 2.11. The Bertz CT molecular complexity index is 1080. The third-order valence-corrected chi connectivity index (χ3v) is 8.05. The zero-order valence-corrected chi connectivity index (χ0v) is 21.7. The predicted octanol–water partition coefficient (Wildman–Crippen LogP) is 6.96. The van der Waals surface area contributed by atoms with Gasteiger partial charge in [-0.25, -0.2) is 4.98 Å². The van der Waals surface area contributed by atoms with Gasteiger partial charge >= 0.3 is 0 Å². The molecule has 0 bridgehead atoms. The van der Waals surface area contributed by atoms with Gasteiger partial charge in [0.15, 0.2) is 0 Å². The molecule has 0 spiro atoms. The van der Waals surface area contributed by atoms with Crippen LogP contribution in [0.1, 0.15) is 57.2 Å². The van der Waals surface area contributed by atoms with Crippen molar-refractivity contribution in [1.29, 1.82) is 0 Å². The number of benzene rings is 2. The van der Waals surface area contributed by atoms with Crippen LogP contribution >= 0.6 is 11.6 Å². The highest BCUT2D eigenvalue weighted by molar-refractivity contribution is 6.30. The number of aromatic nitrogens is 2. The highest BCUT2D eigenvalue weighted by Crippen LogP contribution is 2.31. The molecule has 1 aliphatic carbocycles. The van der Waals surface area contributed by atoms with Crippen molar-refractivity contribution in [3.63, 3.8) is 0 Å². The highest BCUT2D eigenvalue weighted by Gasteiger charge is 2.20. The molecule has 0 radical (unpaired) electrons. The Labute approximate surface area is 214 Å². The number of halogens is 1. The largest absolute Gasteiger partial charge is 0.491 e. The van der Waals surface area contributed by atoms with Gasteiger partial charge in [-0.05, 0) is 100 Å². The van der Waals surface area contributed by atoms with Crippen molar-refractivity contribution in [1.82, 2.24) is 14.5 Å². The first kappa shape index (κ1) is 24.5. The normalized spacial score (nSPS) is 18.2. The Hall–Kier alpha value is -2.24. The summed E-state index contributed by atoms with van der Waals surface area (Å²) < 4.78 is 14.9. The summed E-state index contributed by atoms with van der Waals surface area (Å²) in [6, 6.07) is 13.9. The van der Waals surface area contributed by atoms with Gasteiger partial charge in [0, 0.05) is 11.6 Å². The van der Waals surface area contributed by atoms with Crippen molar-refractivity contribution in [2.45, 2.75) is 64.5 Å². The van der Waals surface area contributed by atoms with E-state index in [-0.39, 0.29) is 0 Å². The van der Waals surface area contributed by atoms with Gasteiger partial charge in [0.05, 0.1) is 12.1 Å². The summed E-state index contributed by atoms with van der Waals surface area (Å²) in [4.78, 5) is 7.50. The molecular formula is C29H38ClN3O2. The fraction of sp³-hybridized carbons (Fsp3) is 0.552. The predicted molar refractivity (Wildman–Crippen MR) is 142 cm³/mol. The van der Waals surface area contributed by atoms with Gasteiger partial charge < -0.3 is 18.9 Å². The maximum atomic E-state index is 6.37. The minimum Gasteiger partial charge on any atom is -0.491 e. The van der Waals surface area contributed by atoms with Crippen molar-refractivity contribution in [2.75, 3.05) is 26.7 Å². The topological polar surface area (TPSA) is 39.5 Å². The molecule has 5 nitrogen and oxygen atoms in total. The molecule has 188 valence electrons. The molecule has 1 aliphatic heterocycles. The van der Waals surface area contributed by atoms with Gasteiger partial charge in [0.2, 0.25) is 0 Å². The van der Waals surface area contributed by atoms with E-state index < -0.39 is 0 Å². The number of fused-ring (bicyclic) bond motifs is 1. The van der Waals surface area contributed by atoms with Crippen molar-refractivity contribution >= 4 is 22.6 Å². The minimum absolute atomic E-state index is 0.422. The molecule has 3 aromatic rings. The minimum atomic E-state index is 0.422. The molecule has 1 aromatic heterocycles. The number of likely N-dealkylation sites (tertiary alicyclic amines) is 1. The number of hydrogen-bond acceptors (Lipinski definition) is 4. The van der Waals surface area contributed by atoms with Crippen molar-refractivity contribution < 1.29 is 9.47 Å². The number of hydrogen-bond donors (Lipinski definition) is 0. The van der Waals surface area contributed by atoms with Crippen LogP contribution in [0.25, 0.3) is 11.0 Å². The fourth-order valence-electron chi connectivity index (χ4n) is 5.55. The zero-order valence-electron chi connectivity index (χ0n) is 20.9. The molecule has 5 rings (SSSR count). The molecule has 6 heteroatoms. The lowest BCUT2D eigenvalue weighted by atomic mass is 9.90. The lowest BCUT2D eigenvalue weighted by molar-refractivity contribution is 0.207. The van der Waals surface area contributed by atoms with Crippen LogP contribution in [-0.2, 0) is 13.2 Å². The monoisotopic (exact) mass is 495 g/mol. The smallest absolute Gasteiger partial charge is 0.148 e. The summed E-state index contributed by atoms with van der Waals surface area (Å²) in [6.07, 6.45) is 10.3. The molecule has 2 aromatic carbocycles. The summed E-state index contributed by atoms with van der Waals surface area (Å²) in [5, 5.41) is 0.711. The van der Waals surface area contributed by atoms with Gasteiger partial charge in [0.25, 0.3) is 0 Å². The van der Waals surface area contributed by atoms with Gasteiger partial charge in [-0.1, -0.05) is 36.9 Å². The molecule has 35 heavy (non-hydrogen) atoms. The molecular weight excluding hydrogens is 458 g/mol. The number of piperidine rings is 1. The van der Waals surface area contributed by atoms with Crippen molar-refractivity contribution in [2.24, 2.45) is 11.8 Å². The zero-order chi connectivity index (χ0) is 24.0. The number of para-hydroxylation sites is 1. The second-order valence-electron chi connectivity index (χ2n) is 10.4. The van der Waals surface area contributed by atoms with Crippen LogP contribution in [0.3, 0.4) is 0 Å². The van der Waals surface area contributed by atoms with Crippen LogP contribution < -0.4 is 9.47 Å². The third-order valence-electron chi connectivity index (χ3n) is 7.80. The second kappa shape index (κ2) is 11.7. The van der Waals surface area contributed by atoms with Crippen LogP contribution in [-0.4, -0.2) is 41.2 Å². The maximum absolute atomic E-state index is 6.37. The molecule has 2 heterocycles. The van der Waals surface area contributed by atoms with Crippen LogP contribution in [0.2, 0.25) is 5.02 Å². The number of rotatable bonds is 9. The van der Waals surface area contributed by atoms with Crippen LogP contribution in [0.5, 0.6) is 11.5 Å². The number of nitrogens with zero attached hydrogens (tertiary/aromatic N) is 3. The second-order valence-corrected chi connectivity index (χ2v) is 10.8. The average Bonchev–Trinajstić information content (AvgIpc) is 3.25. The Morgan fingerprint density at radius 1 is 0.914 bits per heavy atom.